The van der Waals surface area contributed by atoms with Crippen molar-refractivity contribution in [2.75, 3.05) is 7.11 Å². The third-order valence-corrected chi connectivity index (χ3v) is 4.48. The minimum Gasteiger partial charge on any atom is -0.496 e. The second kappa shape index (κ2) is 6.29. The number of methoxy groups -OCH3 is 1. The van der Waals surface area contributed by atoms with E-state index in [9.17, 15) is 9.90 Å². The molecule has 0 aromatic heterocycles. The predicted octanol–water partition coefficient (Wildman–Crippen LogP) is 3.68. The van der Waals surface area contributed by atoms with E-state index in [1.54, 1.807) is 7.11 Å². The van der Waals surface area contributed by atoms with Crippen LogP contribution in [0.1, 0.15) is 37.3 Å². The summed E-state index contributed by atoms with van der Waals surface area (Å²) < 4.78 is 5.42. The van der Waals surface area contributed by atoms with Gasteiger partial charge in [0.1, 0.15) is 5.75 Å². The van der Waals surface area contributed by atoms with Crippen LogP contribution in [0, 0.1) is 24.7 Å². The van der Waals surface area contributed by atoms with E-state index < -0.39 is 5.97 Å². The van der Waals surface area contributed by atoms with E-state index >= 15 is 0 Å². The minimum atomic E-state index is -0.645. The number of ether oxygens (including phenoxy) is 1. The van der Waals surface area contributed by atoms with E-state index in [1.165, 1.54) is 5.56 Å². The van der Waals surface area contributed by atoms with Gasteiger partial charge in [-0.3, -0.25) is 4.79 Å². The summed E-state index contributed by atoms with van der Waals surface area (Å²) in [6, 6.07) is 6.13. The van der Waals surface area contributed by atoms with Gasteiger partial charge in [0.15, 0.2) is 0 Å². The van der Waals surface area contributed by atoms with Crippen LogP contribution >= 0.6 is 0 Å². The number of carboxylic acid groups (broad SMARTS) is 1. The highest BCUT2D eigenvalue weighted by Crippen LogP contribution is 2.37. The van der Waals surface area contributed by atoms with Crippen molar-refractivity contribution in [2.24, 2.45) is 17.8 Å². The van der Waals surface area contributed by atoms with E-state index in [2.05, 4.69) is 19.9 Å². The van der Waals surface area contributed by atoms with Crippen LogP contribution in [0.3, 0.4) is 0 Å². The molecule has 0 bridgehead atoms. The molecule has 3 atom stereocenters. The quantitative estimate of drug-likeness (QED) is 0.912. The zero-order valence-corrected chi connectivity index (χ0v) is 12.6. The molecule has 3 nitrogen and oxygen atoms in total. The molecule has 1 aromatic rings. The topological polar surface area (TPSA) is 46.5 Å². The van der Waals surface area contributed by atoms with Crippen molar-refractivity contribution in [1.82, 2.24) is 0 Å². The summed E-state index contributed by atoms with van der Waals surface area (Å²) in [5, 5.41) is 9.42. The molecule has 0 saturated heterocycles. The lowest BCUT2D eigenvalue weighted by Crippen LogP contribution is -2.31. The Morgan fingerprint density at radius 1 is 1.40 bits per heavy atom. The highest BCUT2D eigenvalue weighted by molar-refractivity contribution is 5.70. The molecule has 3 heteroatoms. The highest BCUT2D eigenvalue weighted by Gasteiger charge is 2.33. The number of rotatable bonds is 4. The molecule has 2 rings (SSSR count). The first-order valence-corrected chi connectivity index (χ1v) is 7.37. The maximum atomic E-state index is 11.5. The van der Waals surface area contributed by atoms with E-state index in [4.69, 9.17) is 4.74 Å². The first-order chi connectivity index (χ1) is 9.51. The van der Waals surface area contributed by atoms with Gasteiger partial charge in [0.05, 0.1) is 13.0 Å². The Hall–Kier alpha value is -1.51. The third kappa shape index (κ3) is 3.33. The number of carbonyl (C=O) groups is 1. The Kier molecular flexibility index (Phi) is 4.69. The molecule has 0 aliphatic heterocycles. The fourth-order valence-electron chi connectivity index (χ4n) is 3.40. The monoisotopic (exact) mass is 276 g/mol. The van der Waals surface area contributed by atoms with Gasteiger partial charge in [-0.1, -0.05) is 24.6 Å². The molecule has 0 spiro atoms. The molecule has 3 unspecified atom stereocenters. The summed E-state index contributed by atoms with van der Waals surface area (Å²) >= 11 is 0. The average Bonchev–Trinajstić information content (AvgIpc) is 2.38. The van der Waals surface area contributed by atoms with Gasteiger partial charge in [-0.25, -0.2) is 0 Å². The lowest BCUT2D eigenvalue weighted by molar-refractivity contribution is -0.145. The molecule has 0 heterocycles. The van der Waals surface area contributed by atoms with Crippen molar-refractivity contribution >= 4 is 5.97 Å². The summed E-state index contributed by atoms with van der Waals surface area (Å²) in [6.07, 6.45) is 3.62. The van der Waals surface area contributed by atoms with Crippen LogP contribution in [0.2, 0.25) is 0 Å². The van der Waals surface area contributed by atoms with Gasteiger partial charge < -0.3 is 9.84 Å². The van der Waals surface area contributed by atoms with Crippen molar-refractivity contribution in [2.45, 2.75) is 39.5 Å². The first-order valence-electron chi connectivity index (χ1n) is 7.37. The highest BCUT2D eigenvalue weighted by atomic mass is 16.5. The van der Waals surface area contributed by atoms with Gasteiger partial charge in [-0.15, -0.1) is 0 Å². The molecule has 1 aliphatic carbocycles. The SMILES string of the molecule is COc1ccc(C)cc1CC1CC(C)CCC1C(=O)O. The summed E-state index contributed by atoms with van der Waals surface area (Å²) in [5.74, 6) is 0.848. The second-order valence-electron chi connectivity index (χ2n) is 6.14. The third-order valence-electron chi connectivity index (χ3n) is 4.48. The Bertz CT molecular complexity index is 481. The number of carboxylic acids is 1. The zero-order chi connectivity index (χ0) is 14.7. The van der Waals surface area contributed by atoms with Crippen LogP contribution in [0.5, 0.6) is 5.75 Å². The van der Waals surface area contributed by atoms with Crippen LogP contribution in [-0.2, 0) is 11.2 Å². The lowest BCUT2D eigenvalue weighted by Gasteiger charge is -2.32. The van der Waals surface area contributed by atoms with Crippen LogP contribution in [-0.4, -0.2) is 18.2 Å². The zero-order valence-electron chi connectivity index (χ0n) is 12.6. The van der Waals surface area contributed by atoms with Crippen molar-refractivity contribution in [1.29, 1.82) is 0 Å². The summed E-state index contributed by atoms with van der Waals surface area (Å²) in [5.41, 5.74) is 2.33. The van der Waals surface area contributed by atoms with Crippen molar-refractivity contribution in [3.8, 4) is 5.75 Å². The standard InChI is InChI=1S/C17H24O3/c1-11-4-6-15(17(18)19)13(8-11)10-14-9-12(2)5-7-16(14)20-3/h5,7,9,11,13,15H,4,6,8,10H2,1-3H3,(H,18,19). The maximum Gasteiger partial charge on any atom is 0.306 e. The van der Waals surface area contributed by atoms with Crippen molar-refractivity contribution in [3.63, 3.8) is 0 Å². The van der Waals surface area contributed by atoms with E-state index in [0.29, 0.717) is 5.92 Å². The van der Waals surface area contributed by atoms with Crippen LogP contribution in [0.4, 0.5) is 0 Å². The largest absolute Gasteiger partial charge is 0.496 e. The van der Waals surface area contributed by atoms with E-state index in [-0.39, 0.29) is 11.8 Å². The van der Waals surface area contributed by atoms with Gasteiger partial charge in [0.2, 0.25) is 0 Å². The molecule has 0 amide bonds. The number of benzene rings is 1. The van der Waals surface area contributed by atoms with Crippen molar-refractivity contribution in [3.05, 3.63) is 29.3 Å². The van der Waals surface area contributed by atoms with Gasteiger partial charge in [-0.2, -0.15) is 0 Å². The average molecular weight is 276 g/mol. The predicted molar refractivity (Wildman–Crippen MR) is 79.1 cm³/mol. The fraction of sp³-hybridized carbons (Fsp3) is 0.588. The second-order valence-corrected chi connectivity index (χ2v) is 6.14. The molecule has 1 aliphatic rings. The molecule has 1 N–H and O–H groups in total. The Morgan fingerprint density at radius 3 is 2.80 bits per heavy atom. The fourth-order valence-corrected chi connectivity index (χ4v) is 3.40. The summed E-state index contributed by atoms with van der Waals surface area (Å²) in [6.45, 7) is 4.28. The Balaban J connectivity index is 2.21. The van der Waals surface area contributed by atoms with Gasteiger partial charge in [-0.05, 0) is 56.1 Å². The molecular formula is C17H24O3. The van der Waals surface area contributed by atoms with Crippen LogP contribution in [0.25, 0.3) is 0 Å². The number of aryl methyl sites for hydroxylation is 1. The number of hydrogen-bond donors (Lipinski definition) is 1. The van der Waals surface area contributed by atoms with Crippen molar-refractivity contribution < 1.29 is 14.6 Å². The minimum absolute atomic E-state index is 0.212. The first kappa shape index (κ1) is 14.9. The number of hydrogen-bond acceptors (Lipinski definition) is 2. The smallest absolute Gasteiger partial charge is 0.306 e. The van der Waals surface area contributed by atoms with Gasteiger partial charge in [0, 0.05) is 0 Å². The van der Waals surface area contributed by atoms with E-state index in [1.807, 2.05) is 12.1 Å². The normalized spacial score (nSPS) is 26.2. The molecule has 1 fully saturated rings. The van der Waals surface area contributed by atoms with Gasteiger partial charge in [0.25, 0.3) is 0 Å². The van der Waals surface area contributed by atoms with E-state index in [0.717, 1.165) is 37.0 Å². The molecule has 1 aromatic carbocycles. The van der Waals surface area contributed by atoms with Crippen LogP contribution in [0.15, 0.2) is 18.2 Å². The lowest BCUT2D eigenvalue weighted by atomic mass is 9.72. The Labute approximate surface area is 121 Å². The summed E-state index contributed by atoms with van der Waals surface area (Å²) in [4.78, 5) is 11.5. The van der Waals surface area contributed by atoms with Crippen LogP contribution < -0.4 is 4.74 Å². The van der Waals surface area contributed by atoms with Gasteiger partial charge >= 0.3 is 5.97 Å². The molecule has 1 saturated carbocycles. The number of aliphatic carboxylic acids is 1. The molecule has 20 heavy (non-hydrogen) atoms. The maximum absolute atomic E-state index is 11.5. The Morgan fingerprint density at radius 2 is 2.15 bits per heavy atom. The molecule has 0 radical (unpaired) electrons. The molecule has 110 valence electrons. The molecular weight excluding hydrogens is 252 g/mol. The summed E-state index contributed by atoms with van der Waals surface area (Å²) in [7, 11) is 1.67.